The van der Waals surface area contributed by atoms with Gasteiger partial charge in [0.15, 0.2) is 0 Å². The zero-order chi connectivity index (χ0) is 14.0. The average molecular weight is 275 g/mol. The molecule has 0 atom stereocenters. The lowest BCUT2D eigenvalue weighted by molar-refractivity contribution is -0.147. The van der Waals surface area contributed by atoms with Crippen molar-refractivity contribution in [2.75, 3.05) is 27.3 Å². The monoisotopic (exact) mass is 275 g/mol. The molecule has 0 aliphatic carbocycles. The van der Waals surface area contributed by atoms with E-state index in [2.05, 4.69) is 0 Å². The quantitative estimate of drug-likeness (QED) is 0.846. The Morgan fingerprint density at radius 1 is 1.21 bits per heavy atom. The summed E-state index contributed by atoms with van der Waals surface area (Å²) in [4.78, 5) is 1.39. The molecule has 1 aromatic carbocycles. The van der Waals surface area contributed by atoms with E-state index in [1.165, 1.54) is 12.0 Å². The van der Waals surface area contributed by atoms with E-state index in [-0.39, 0.29) is 6.54 Å². The normalized spacial score (nSPS) is 16.1. The van der Waals surface area contributed by atoms with Crippen LogP contribution in [-0.2, 0) is 13.0 Å². The maximum atomic E-state index is 12.4. The van der Waals surface area contributed by atoms with Crippen molar-refractivity contribution >= 4 is 0 Å². The van der Waals surface area contributed by atoms with Crippen molar-refractivity contribution in [1.82, 2.24) is 4.90 Å². The van der Waals surface area contributed by atoms with Crippen molar-refractivity contribution < 1.29 is 22.6 Å². The molecule has 0 unspecified atom stereocenters. The van der Waals surface area contributed by atoms with Crippen LogP contribution < -0.4 is 9.47 Å². The van der Waals surface area contributed by atoms with Crippen molar-refractivity contribution in [3.63, 3.8) is 0 Å². The molecule has 6 heteroatoms. The minimum absolute atomic E-state index is 0.252. The van der Waals surface area contributed by atoms with E-state index in [0.717, 1.165) is 11.1 Å². The van der Waals surface area contributed by atoms with Gasteiger partial charge in [0.05, 0.1) is 20.8 Å². The summed E-state index contributed by atoms with van der Waals surface area (Å²) < 4.78 is 47.7. The molecule has 0 saturated carbocycles. The van der Waals surface area contributed by atoms with Gasteiger partial charge in [0.25, 0.3) is 0 Å². The average Bonchev–Trinajstić information content (AvgIpc) is 2.35. The zero-order valence-corrected chi connectivity index (χ0v) is 10.9. The summed E-state index contributed by atoms with van der Waals surface area (Å²) in [6.07, 6.45) is -3.60. The molecule has 1 aromatic rings. The lowest BCUT2D eigenvalue weighted by atomic mass is 9.98. The molecule has 106 valence electrons. The maximum Gasteiger partial charge on any atom is 0.401 e. The van der Waals surface area contributed by atoms with Crippen LogP contribution in [0.2, 0.25) is 0 Å². The smallest absolute Gasteiger partial charge is 0.401 e. The summed E-state index contributed by atoms with van der Waals surface area (Å²) in [5.74, 6) is 1.25. The number of alkyl halides is 3. The number of hydrogen-bond donors (Lipinski definition) is 0. The van der Waals surface area contributed by atoms with E-state index in [1.807, 2.05) is 6.07 Å². The molecule has 0 spiro atoms. The molecule has 2 rings (SSSR count). The Balaban J connectivity index is 2.24. The first-order valence-electron chi connectivity index (χ1n) is 5.96. The first-order chi connectivity index (χ1) is 8.93. The topological polar surface area (TPSA) is 21.7 Å². The molecular formula is C13H16F3NO2. The van der Waals surface area contributed by atoms with Gasteiger partial charge in [-0.3, -0.25) is 4.90 Å². The first kappa shape index (κ1) is 14.0. The number of hydrogen-bond acceptors (Lipinski definition) is 3. The minimum atomic E-state index is -4.17. The Bertz CT molecular complexity index is 443. The number of methoxy groups -OCH3 is 2. The third-order valence-corrected chi connectivity index (χ3v) is 3.21. The van der Waals surface area contributed by atoms with Crippen LogP contribution >= 0.6 is 0 Å². The van der Waals surface area contributed by atoms with Gasteiger partial charge in [0.2, 0.25) is 0 Å². The molecule has 0 amide bonds. The van der Waals surface area contributed by atoms with E-state index in [1.54, 1.807) is 13.2 Å². The Hall–Kier alpha value is -1.43. The highest BCUT2D eigenvalue weighted by Crippen LogP contribution is 2.33. The predicted molar refractivity (Wildman–Crippen MR) is 64.6 cm³/mol. The Morgan fingerprint density at radius 2 is 1.95 bits per heavy atom. The molecule has 1 aliphatic rings. The van der Waals surface area contributed by atoms with Crippen molar-refractivity contribution in [3.05, 3.63) is 23.3 Å². The number of halogens is 3. The van der Waals surface area contributed by atoms with Gasteiger partial charge in [-0.05, 0) is 18.1 Å². The second kappa shape index (κ2) is 5.28. The van der Waals surface area contributed by atoms with E-state index in [9.17, 15) is 13.2 Å². The number of benzene rings is 1. The lowest BCUT2D eigenvalue weighted by Crippen LogP contribution is -2.38. The van der Waals surface area contributed by atoms with Gasteiger partial charge in [0.1, 0.15) is 11.5 Å². The molecule has 1 aliphatic heterocycles. The van der Waals surface area contributed by atoms with Crippen molar-refractivity contribution in [3.8, 4) is 11.5 Å². The first-order valence-corrected chi connectivity index (χ1v) is 5.96. The molecule has 3 nitrogen and oxygen atoms in total. The van der Waals surface area contributed by atoms with Gasteiger partial charge in [0, 0.05) is 24.7 Å². The van der Waals surface area contributed by atoms with E-state index < -0.39 is 12.7 Å². The molecule has 0 bridgehead atoms. The lowest BCUT2D eigenvalue weighted by Gasteiger charge is -2.30. The molecule has 1 heterocycles. The fourth-order valence-electron chi connectivity index (χ4n) is 2.35. The number of nitrogens with zero attached hydrogens (tertiary/aromatic N) is 1. The molecule has 0 fully saturated rings. The van der Waals surface area contributed by atoms with Crippen molar-refractivity contribution in [1.29, 1.82) is 0 Å². The summed E-state index contributed by atoms with van der Waals surface area (Å²) in [6, 6.07) is 3.57. The summed E-state index contributed by atoms with van der Waals surface area (Å²) in [7, 11) is 3.07. The third kappa shape index (κ3) is 3.32. The largest absolute Gasteiger partial charge is 0.497 e. The molecule has 0 saturated heterocycles. The highest BCUT2D eigenvalue weighted by Gasteiger charge is 2.32. The Morgan fingerprint density at radius 3 is 2.53 bits per heavy atom. The van der Waals surface area contributed by atoms with Crippen molar-refractivity contribution in [2.45, 2.75) is 19.1 Å². The maximum absolute atomic E-state index is 12.4. The number of rotatable bonds is 3. The minimum Gasteiger partial charge on any atom is -0.497 e. The molecule has 19 heavy (non-hydrogen) atoms. The van der Waals surface area contributed by atoms with Crippen LogP contribution in [0.3, 0.4) is 0 Å². The molecule has 0 aromatic heterocycles. The van der Waals surface area contributed by atoms with E-state index >= 15 is 0 Å². The zero-order valence-electron chi connectivity index (χ0n) is 10.9. The molecular weight excluding hydrogens is 259 g/mol. The Kier molecular flexibility index (Phi) is 3.89. The van der Waals surface area contributed by atoms with Crippen LogP contribution in [0.15, 0.2) is 12.1 Å². The molecule has 0 radical (unpaired) electrons. The van der Waals surface area contributed by atoms with Crippen LogP contribution in [0.5, 0.6) is 11.5 Å². The van der Waals surface area contributed by atoms with Crippen LogP contribution in [0.25, 0.3) is 0 Å². The van der Waals surface area contributed by atoms with Gasteiger partial charge in [-0.1, -0.05) is 0 Å². The van der Waals surface area contributed by atoms with Gasteiger partial charge in [-0.2, -0.15) is 13.2 Å². The summed E-state index contributed by atoms with van der Waals surface area (Å²) in [6.45, 7) is -0.244. The summed E-state index contributed by atoms with van der Waals surface area (Å²) in [5.41, 5.74) is 1.81. The standard InChI is InChI=1S/C13H16F3NO2/c1-18-10-5-9-3-4-17(8-13(14,15)16)7-11(9)12(6-10)19-2/h5-6H,3-4,7-8H2,1-2H3. The van der Waals surface area contributed by atoms with Crippen LogP contribution in [0, 0.1) is 0 Å². The third-order valence-electron chi connectivity index (χ3n) is 3.21. The van der Waals surface area contributed by atoms with Crippen LogP contribution in [-0.4, -0.2) is 38.4 Å². The SMILES string of the molecule is COc1cc2c(c(OC)c1)CN(CC(F)(F)F)CC2. The number of fused-ring (bicyclic) bond motifs is 1. The predicted octanol–water partition coefficient (Wildman–Crippen LogP) is 2.62. The molecule has 0 N–H and O–H groups in total. The summed E-state index contributed by atoms with van der Waals surface area (Å²) in [5, 5.41) is 0. The fraction of sp³-hybridized carbons (Fsp3) is 0.538. The number of ether oxygens (including phenoxy) is 2. The van der Waals surface area contributed by atoms with Crippen LogP contribution in [0.4, 0.5) is 13.2 Å². The second-order valence-electron chi connectivity index (χ2n) is 4.54. The highest BCUT2D eigenvalue weighted by atomic mass is 19.4. The van der Waals surface area contributed by atoms with Gasteiger partial charge in [-0.25, -0.2) is 0 Å². The van der Waals surface area contributed by atoms with Gasteiger partial charge in [-0.15, -0.1) is 0 Å². The summed E-state index contributed by atoms with van der Waals surface area (Å²) >= 11 is 0. The Labute approximate surface area is 109 Å². The van der Waals surface area contributed by atoms with Gasteiger partial charge < -0.3 is 9.47 Å². The second-order valence-corrected chi connectivity index (χ2v) is 4.54. The van der Waals surface area contributed by atoms with E-state index in [0.29, 0.717) is 24.5 Å². The van der Waals surface area contributed by atoms with E-state index in [4.69, 9.17) is 9.47 Å². The van der Waals surface area contributed by atoms with Gasteiger partial charge >= 0.3 is 6.18 Å². The van der Waals surface area contributed by atoms with Crippen LogP contribution in [0.1, 0.15) is 11.1 Å². The highest BCUT2D eigenvalue weighted by molar-refractivity contribution is 5.47. The van der Waals surface area contributed by atoms with Crippen molar-refractivity contribution in [2.24, 2.45) is 0 Å². The fourth-order valence-corrected chi connectivity index (χ4v) is 2.35.